The first-order chi connectivity index (χ1) is 7.95. The molecule has 17 heavy (non-hydrogen) atoms. The minimum Gasteiger partial charge on any atom is -0.285 e. The molecule has 0 unspecified atom stereocenters. The summed E-state index contributed by atoms with van der Waals surface area (Å²) in [6, 6.07) is 8.64. The highest BCUT2D eigenvalue weighted by molar-refractivity contribution is 7.71. The maximum absolute atomic E-state index is 4.92. The molecule has 0 bridgehead atoms. The zero-order valence-corrected chi connectivity index (χ0v) is 11.2. The number of rotatable bonds is 2. The first-order valence-corrected chi connectivity index (χ1v) is 6.09. The molecule has 2 N–H and O–H groups in total. The third kappa shape index (κ3) is 3.03. The molecule has 0 aliphatic carbocycles. The minimum atomic E-state index is 0.199. The molecule has 0 aliphatic rings. The van der Waals surface area contributed by atoms with Gasteiger partial charge in [0.1, 0.15) is 5.82 Å². The highest BCUT2D eigenvalue weighted by Crippen LogP contribution is 2.22. The van der Waals surface area contributed by atoms with Crippen LogP contribution in [0.25, 0.3) is 0 Å². The van der Waals surface area contributed by atoms with Crippen LogP contribution >= 0.6 is 12.2 Å². The molecule has 0 atom stereocenters. The molecule has 0 saturated carbocycles. The molecule has 2 rings (SSSR count). The van der Waals surface area contributed by atoms with Gasteiger partial charge in [0.05, 0.1) is 0 Å². The van der Waals surface area contributed by atoms with Gasteiger partial charge in [0, 0.05) is 6.42 Å². The Morgan fingerprint density at radius 3 is 2.24 bits per heavy atom. The van der Waals surface area contributed by atoms with Crippen molar-refractivity contribution in [3.8, 4) is 0 Å². The van der Waals surface area contributed by atoms with E-state index < -0.39 is 0 Å². The molecule has 3 nitrogen and oxygen atoms in total. The van der Waals surface area contributed by atoms with Gasteiger partial charge in [-0.05, 0) is 28.8 Å². The molecule has 0 spiro atoms. The predicted molar refractivity (Wildman–Crippen MR) is 71.7 cm³/mol. The summed E-state index contributed by atoms with van der Waals surface area (Å²) in [5.41, 5.74) is 2.78. The summed E-state index contributed by atoms with van der Waals surface area (Å²) >= 11 is 4.92. The lowest BCUT2D eigenvalue weighted by atomic mass is 9.86. The molecule has 4 heteroatoms. The molecule has 0 aliphatic heterocycles. The van der Waals surface area contributed by atoms with Crippen LogP contribution in [0.15, 0.2) is 24.3 Å². The van der Waals surface area contributed by atoms with E-state index >= 15 is 0 Å². The van der Waals surface area contributed by atoms with Crippen LogP contribution in [0.4, 0.5) is 0 Å². The molecule has 0 amide bonds. The lowest BCUT2D eigenvalue weighted by Crippen LogP contribution is -2.10. The van der Waals surface area contributed by atoms with Crippen LogP contribution in [-0.4, -0.2) is 15.2 Å². The summed E-state index contributed by atoms with van der Waals surface area (Å²) < 4.78 is 0.506. The third-order valence-electron chi connectivity index (χ3n) is 2.74. The first kappa shape index (κ1) is 12.0. The number of benzene rings is 1. The van der Waals surface area contributed by atoms with Crippen LogP contribution in [0.5, 0.6) is 0 Å². The summed E-state index contributed by atoms with van der Waals surface area (Å²) in [5, 5.41) is 5.76. The molecule has 1 heterocycles. The van der Waals surface area contributed by atoms with Gasteiger partial charge < -0.3 is 0 Å². The van der Waals surface area contributed by atoms with E-state index in [1.54, 1.807) is 0 Å². The largest absolute Gasteiger partial charge is 0.285 e. The number of nitrogens with zero attached hydrogens (tertiary/aromatic N) is 1. The van der Waals surface area contributed by atoms with Crippen molar-refractivity contribution in [2.24, 2.45) is 0 Å². The Balaban J connectivity index is 2.16. The average molecular weight is 247 g/mol. The normalized spacial score (nSPS) is 11.7. The quantitative estimate of drug-likeness (QED) is 0.799. The number of H-pyrrole nitrogens is 2. The van der Waals surface area contributed by atoms with Crippen molar-refractivity contribution in [1.29, 1.82) is 0 Å². The van der Waals surface area contributed by atoms with E-state index in [-0.39, 0.29) is 5.41 Å². The van der Waals surface area contributed by atoms with E-state index in [1.807, 2.05) is 0 Å². The maximum atomic E-state index is 4.92. The number of aromatic nitrogens is 3. The number of aromatic amines is 2. The Labute approximate surface area is 106 Å². The highest BCUT2D eigenvalue weighted by Gasteiger charge is 2.12. The molecular weight excluding hydrogens is 230 g/mol. The maximum Gasteiger partial charge on any atom is 0.213 e. The smallest absolute Gasteiger partial charge is 0.213 e. The summed E-state index contributed by atoms with van der Waals surface area (Å²) in [6.07, 6.45) is 0.775. The van der Waals surface area contributed by atoms with Crippen molar-refractivity contribution in [3.05, 3.63) is 46.0 Å². The van der Waals surface area contributed by atoms with Gasteiger partial charge in [-0.15, -0.1) is 0 Å². The molecule has 0 radical (unpaired) electrons. The zero-order valence-electron chi connectivity index (χ0n) is 10.4. The summed E-state index contributed by atoms with van der Waals surface area (Å²) in [7, 11) is 0. The Morgan fingerprint density at radius 1 is 1.12 bits per heavy atom. The van der Waals surface area contributed by atoms with Gasteiger partial charge in [0.2, 0.25) is 4.77 Å². The van der Waals surface area contributed by atoms with E-state index in [0.29, 0.717) is 4.77 Å². The third-order valence-corrected chi connectivity index (χ3v) is 2.94. The fourth-order valence-electron chi connectivity index (χ4n) is 1.70. The topological polar surface area (TPSA) is 44.5 Å². The molecule has 1 aromatic carbocycles. The van der Waals surface area contributed by atoms with Crippen LogP contribution < -0.4 is 0 Å². The lowest BCUT2D eigenvalue weighted by molar-refractivity contribution is 0.590. The SMILES string of the molecule is CC(C)(C)c1ccc(Cc2nc(=S)[nH][nH]2)cc1. The van der Waals surface area contributed by atoms with E-state index in [0.717, 1.165) is 12.2 Å². The standard InChI is InChI=1S/C13H17N3S/c1-13(2,3)10-6-4-9(5-7-10)8-11-14-12(17)16-15-11/h4-7H,8H2,1-3H3,(H2,14,15,16,17). The second-order valence-electron chi connectivity index (χ2n) is 5.24. The highest BCUT2D eigenvalue weighted by atomic mass is 32.1. The molecule has 0 fully saturated rings. The number of hydrogen-bond donors (Lipinski definition) is 2. The van der Waals surface area contributed by atoms with E-state index in [1.165, 1.54) is 11.1 Å². The van der Waals surface area contributed by atoms with Crippen LogP contribution in [0.3, 0.4) is 0 Å². The first-order valence-electron chi connectivity index (χ1n) is 5.68. The zero-order chi connectivity index (χ0) is 12.5. The van der Waals surface area contributed by atoms with Crippen LogP contribution in [0, 0.1) is 4.77 Å². The Kier molecular flexibility index (Phi) is 3.15. The van der Waals surface area contributed by atoms with Crippen molar-refractivity contribution >= 4 is 12.2 Å². The van der Waals surface area contributed by atoms with Crippen molar-refractivity contribution < 1.29 is 0 Å². The summed E-state index contributed by atoms with van der Waals surface area (Å²) in [6.45, 7) is 6.65. The number of hydrogen-bond acceptors (Lipinski definition) is 2. The summed E-state index contributed by atoms with van der Waals surface area (Å²) in [5.74, 6) is 0.874. The second-order valence-corrected chi connectivity index (χ2v) is 5.62. The Morgan fingerprint density at radius 2 is 1.76 bits per heavy atom. The van der Waals surface area contributed by atoms with Gasteiger partial charge in [-0.2, -0.15) is 0 Å². The Bertz CT molecular complexity index is 543. The number of nitrogens with one attached hydrogen (secondary N) is 2. The fraction of sp³-hybridized carbons (Fsp3) is 0.385. The van der Waals surface area contributed by atoms with Crippen molar-refractivity contribution in [3.63, 3.8) is 0 Å². The Hall–Kier alpha value is -1.42. The lowest BCUT2D eigenvalue weighted by Gasteiger charge is -2.19. The molecule has 0 saturated heterocycles. The second kappa shape index (κ2) is 4.45. The molecule has 2 aromatic rings. The van der Waals surface area contributed by atoms with Gasteiger partial charge in [0.25, 0.3) is 0 Å². The fourth-order valence-corrected chi connectivity index (χ4v) is 1.86. The predicted octanol–water partition coefficient (Wildman–Crippen LogP) is 3.36. The van der Waals surface area contributed by atoms with Gasteiger partial charge in [0.15, 0.2) is 0 Å². The van der Waals surface area contributed by atoms with Gasteiger partial charge in [-0.25, -0.2) is 4.98 Å². The van der Waals surface area contributed by atoms with Gasteiger partial charge >= 0.3 is 0 Å². The summed E-state index contributed by atoms with van der Waals surface area (Å²) in [4.78, 5) is 4.18. The monoisotopic (exact) mass is 247 g/mol. The average Bonchev–Trinajstić information content (AvgIpc) is 2.63. The van der Waals surface area contributed by atoms with E-state index in [2.05, 4.69) is 60.2 Å². The molecule has 90 valence electrons. The molecular formula is C13H17N3S. The van der Waals surface area contributed by atoms with Crippen LogP contribution in [0.1, 0.15) is 37.7 Å². The van der Waals surface area contributed by atoms with E-state index in [9.17, 15) is 0 Å². The minimum absolute atomic E-state index is 0.199. The van der Waals surface area contributed by atoms with Crippen LogP contribution in [0.2, 0.25) is 0 Å². The molecule has 1 aromatic heterocycles. The van der Waals surface area contributed by atoms with Gasteiger partial charge in [-0.1, -0.05) is 45.0 Å². The van der Waals surface area contributed by atoms with Gasteiger partial charge in [-0.3, -0.25) is 10.2 Å². The van der Waals surface area contributed by atoms with E-state index in [4.69, 9.17) is 12.2 Å². The van der Waals surface area contributed by atoms with Crippen molar-refractivity contribution in [2.45, 2.75) is 32.6 Å². The van der Waals surface area contributed by atoms with Crippen LogP contribution in [-0.2, 0) is 11.8 Å². The van der Waals surface area contributed by atoms with Crippen molar-refractivity contribution in [1.82, 2.24) is 15.2 Å². The van der Waals surface area contributed by atoms with Crippen molar-refractivity contribution in [2.75, 3.05) is 0 Å².